The summed E-state index contributed by atoms with van der Waals surface area (Å²) in [5, 5.41) is 2.57. The number of aryl methyl sites for hydroxylation is 2. The molecule has 0 bridgehead atoms. The molecule has 0 aliphatic carbocycles. The number of amides is 1. The average molecular weight is 428 g/mol. The molecule has 0 saturated heterocycles. The molecule has 2 rings (SSSR count). The van der Waals surface area contributed by atoms with Gasteiger partial charge >= 0.3 is 11.9 Å². The van der Waals surface area contributed by atoms with Crippen LogP contribution in [0.3, 0.4) is 0 Å². The van der Waals surface area contributed by atoms with Crippen molar-refractivity contribution >= 4 is 23.6 Å². The van der Waals surface area contributed by atoms with E-state index in [4.69, 9.17) is 9.47 Å². The largest absolute Gasteiger partial charge is 0.462 e. The van der Waals surface area contributed by atoms with Crippen molar-refractivity contribution < 1.29 is 28.7 Å². The molecular weight excluding hydrogens is 400 g/mol. The van der Waals surface area contributed by atoms with Gasteiger partial charge in [0.15, 0.2) is 6.10 Å². The summed E-state index contributed by atoms with van der Waals surface area (Å²) < 4.78 is 10.3. The Labute approximate surface area is 181 Å². The van der Waals surface area contributed by atoms with Crippen LogP contribution in [-0.4, -0.2) is 47.4 Å². The van der Waals surface area contributed by atoms with Crippen LogP contribution in [0, 0.1) is 20.8 Å². The van der Waals surface area contributed by atoms with Gasteiger partial charge in [0.1, 0.15) is 6.04 Å². The number of hydrogen-bond acceptors (Lipinski definition) is 6. The van der Waals surface area contributed by atoms with E-state index >= 15 is 0 Å². The maximum absolute atomic E-state index is 12.8. The van der Waals surface area contributed by atoms with Crippen molar-refractivity contribution in [3.8, 4) is 0 Å². The summed E-state index contributed by atoms with van der Waals surface area (Å²) >= 11 is 0. The lowest BCUT2D eigenvalue weighted by atomic mass is 10.1. The van der Waals surface area contributed by atoms with Gasteiger partial charge in [0.05, 0.1) is 17.9 Å². The second kappa shape index (κ2) is 10.1. The lowest BCUT2D eigenvalue weighted by Crippen LogP contribution is -2.41. The molecule has 1 unspecified atom stereocenters. The molecule has 2 N–H and O–H groups in total. The molecule has 0 spiro atoms. The van der Waals surface area contributed by atoms with Gasteiger partial charge in [-0.1, -0.05) is 17.7 Å². The van der Waals surface area contributed by atoms with Gasteiger partial charge in [-0.2, -0.15) is 0 Å². The molecule has 2 aromatic rings. The van der Waals surface area contributed by atoms with Crippen molar-refractivity contribution in [1.29, 1.82) is 0 Å². The highest BCUT2D eigenvalue weighted by atomic mass is 16.5. The maximum Gasteiger partial charge on any atom is 0.340 e. The zero-order valence-electron chi connectivity index (χ0n) is 18.6. The lowest BCUT2D eigenvalue weighted by molar-refractivity contribution is -0.148. The molecule has 8 nitrogen and oxygen atoms in total. The van der Waals surface area contributed by atoms with E-state index in [0.29, 0.717) is 22.4 Å². The number of H-pyrrole nitrogens is 1. The summed E-state index contributed by atoms with van der Waals surface area (Å²) in [6.07, 6.45) is -1.11. The van der Waals surface area contributed by atoms with E-state index in [9.17, 15) is 19.2 Å². The van der Waals surface area contributed by atoms with Crippen molar-refractivity contribution in [2.75, 3.05) is 6.61 Å². The number of esters is 2. The van der Waals surface area contributed by atoms with Crippen LogP contribution in [0.1, 0.15) is 68.8 Å². The van der Waals surface area contributed by atoms with Gasteiger partial charge in [-0.25, -0.2) is 9.59 Å². The van der Waals surface area contributed by atoms with Crippen molar-refractivity contribution in [2.24, 2.45) is 0 Å². The van der Waals surface area contributed by atoms with Crippen LogP contribution in [0.15, 0.2) is 24.3 Å². The van der Waals surface area contributed by atoms with E-state index in [-0.39, 0.29) is 12.3 Å². The highest BCUT2D eigenvalue weighted by molar-refractivity contribution is 6.04. The molecule has 1 aromatic carbocycles. The zero-order chi connectivity index (χ0) is 23.3. The SMILES string of the molecule is CCOC(=O)c1c(C)[nH]c(C(=O)C(C)OC(=O)[C@H](C)NC(=O)c2cccc(C)c2)c1C. The Balaban J connectivity index is 2.05. The number of rotatable bonds is 8. The molecule has 0 aliphatic rings. The van der Waals surface area contributed by atoms with E-state index in [2.05, 4.69) is 10.3 Å². The molecule has 0 radical (unpaired) electrons. The normalized spacial score (nSPS) is 12.6. The third kappa shape index (κ3) is 5.59. The molecule has 8 heteroatoms. The van der Waals surface area contributed by atoms with E-state index in [1.807, 2.05) is 13.0 Å². The Morgan fingerprint density at radius 2 is 1.77 bits per heavy atom. The Morgan fingerprint density at radius 1 is 1.10 bits per heavy atom. The smallest absolute Gasteiger partial charge is 0.340 e. The molecule has 0 aliphatic heterocycles. The van der Waals surface area contributed by atoms with Gasteiger partial charge in [-0.3, -0.25) is 9.59 Å². The number of benzene rings is 1. The first-order valence-corrected chi connectivity index (χ1v) is 10.0. The van der Waals surface area contributed by atoms with E-state index < -0.39 is 35.8 Å². The van der Waals surface area contributed by atoms with Crippen LogP contribution in [0.5, 0.6) is 0 Å². The first-order chi connectivity index (χ1) is 14.6. The number of Topliss-reactive ketones (excluding diaryl/α,β-unsaturated/α-hetero) is 1. The zero-order valence-corrected chi connectivity index (χ0v) is 18.6. The number of aromatic nitrogens is 1. The molecule has 166 valence electrons. The summed E-state index contributed by atoms with van der Waals surface area (Å²) in [5.41, 5.74) is 2.75. The number of carbonyl (C=O) groups excluding carboxylic acids is 4. The minimum absolute atomic E-state index is 0.178. The summed E-state index contributed by atoms with van der Waals surface area (Å²) in [4.78, 5) is 52.5. The van der Waals surface area contributed by atoms with Crippen LogP contribution in [0.25, 0.3) is 0 Å². The van der Waals surface area contributed by atoms with Crippen LogP contribution in [0.4, 0.5) is 0 Å². The Hall–Kier alpha value is -3.42. The van der Waals surface area contributed by atoms with Gasteiger partial charge < -0.3 is 19.8 Å². The Kier molecular flexibility index (Phi) is 7.74. The van der Waals surface area contributed by atoms with E-state index in [1.54, 1.807) is 39.0 Å². The fraction of sp³-hybridized carbons (Fsp3) is 0.391. The van der Waals surface area contributed by atoms with Gasteiger partial charge in [-0.15, -0.1) is 0 Å². The second-order valence-corrected chi connectivity index (χ2v) is 7.35. The fourth-order valence-corrected chi connectivity index (χ4v) is 3.16. The summed E-state index contributed by atoms with van der Waals surface area (Å²) in [6, 6.07) is 6.00. The standard InChI is InChI=1S/C23H28N2O6/c1-7-30-23(29)18-13(3)19(24-14(18)4)20(26)16(6)31-22(28)15(5)25-21(27)17-10-8-9-12(2)11-17/h8-11,15-16,24H,7H2,1-6H3,(H,25,27)/t15-,16?/m0/s1. The van der Waals surface area contributed by atoms with Crippen LogP contribution in [-0.2, 0) is 14.3 Å². The molecule has 1 heterocycles. The molecular formula is C23H28N2O6. The van der Waals surface area contributed by atoms with Gasteiger partial charge in [0.25, 0.3) is 5.91 Å². The third-order valence-corrected chi connectivity index (χ3v) is 4.81. The summed E-state index contributed by atoms with van der Waals surface area (Å²) in [6.45, 7) is 9.98. The van der Waals surface area contributed by atoms with Crippen molar-refractivity contribution in [1.82, 2.24) is 10.3 Å². The predicted octanol–water partition coefficient (Wildman–Crippen LogP) is 3.05. The maximum atomic E-state index is 12.8. The van der Waals surface area contributed by atoms with E-state index in [0.717, 1.165) is 5.56 Å². The number of ketones is 1. The predicted molar refractivity (Wildman–Crippen MR) is 114 cm³/mol. The highest BCUT2D eigenvalue weighted by Crippen LogP contribution is 2.21. The molecule has 0 saturated carbocycles. The van der Waals surface area contributed by atoms with Gasteiger partial charge in [0, 0.05) is 11.3 Å². The minimum Gasteiger partial charge on any atom is -0.462 e. The number of hydrogen-bond donors (Lipinski definition) is 2. The number of carbonyl (C=O) groups is 4. The van der Waals surface area contributed by atoms with Crippen molar-refractivity contribution in [2.45, 2.75) is 53.7 Å². The molecule has 2 atom stereocenters. The first kappa shape index (κ1) is 23.9. The molecule has 31 heavy (non-hydrogen) atoms. The average Bonchev–Trinajstić information content (AvgIpc) is 3.01. The van der Waals surface area contributed by atoms with Crippen LogP contribution >= 0.6 is 0 Å². The summed E-state index contributed by atoms with van der Waals surface area (Å²) in [7, 11) is 0. The fourth-order valence-electron chi connectivity index (χ4n) is 3.16. The van der Waals surface area contributed by atoms with Crippen LogP contribution < -0.4 is 5.32 Å². The highest BCUT2D eigenvalue weighted by Gasteiger charge is 2.29. The van der Waals surface area contributed by atoms with Crippen molar-refractivity contribution in [3.63, 3.8) is 0 Å². The molecule has 0 fully saturated rings. The second-order valence-electron chi connectivity index (χ2n) is 7.35. The lowest BCUT2D eigenvalue weighted by Gasteiger charge is -2.17. The number of ether oxygens (including phenoxy) is 2. The third-order valence-electron chi connectivity index (χ3n) is 4.81. The Morgan fingerprint density at radius 3 is 2.39 bits per heavy atom. The minimum atomic E-state index is -1.11. The Bertz CT molecular complexity index is 1010. The number of nitrogens with one attached hydrogen (secondary N) is 2. The van der Waals surface area contributed by atoms with Crippen molar-refractivity contribution in [3.05, 3.63) is 57.9 Å². The monoisotopic (exact) mass is 428 g/mol. The van der Waals surface area contributed by atoms with Gasteiger partial charge in [0.2, 0.25) is 5.78 Å². The molecule has 1 aromatic heterocycles. The number of aromatic amines is 1. The first-order valence-electron chi connectivity index (χ1n) is 10.0. The van der Waals surface area contributed by atoms with Gasteiger partial charge in [-0.05, 0) is 59.2 Å². The van der Waals surface area contributed by atoms with Crippen LogP contribution in [0.2, 0.25) is 0 Å². The quantitative estimate of drug-likeness (QED) is 0.493. The topological polar surface area (TPSA) is 115 Å². The summed E-state index contributed by atoms with van der Waals surface area (Å²) in [5.74, 6) is -2.16. The van der Waals surface area contributed by atoms with E-state index in [1.165, 1.54) is 13.8 Å². The molecule has 1 amide bonds.